The number of carbonyl (C=O) groups is 2. The molecule has 0 amide bonds. The van der Waals surface area contributed by atoms with E-state index in [9.17, 15) is 19.0 Å². The van der Waals surface area contributed by atoms with Gasteiger partial charge in [0.05, 0.1) is 13.2 Å². The molecule has 9 heteroatoms. The second-order valence-electron chi connectivity index (χ2n) is 19.0. The minimum atomic E-state index is -4.29. The van der Waals surface area contributed by atoms with E-state index in [2.05, 4.69) is 38.2 Å². The Morgan fingerprint density at radius 2 is 0.738 bits per heavy atom. The summed E-state index contributed by atoms with van der Waals surface area (Å²) >= 11 is 0. The molecule has 0 saturated carbocycles. The quantitative estimate of drug-likeness (QED) is 0.0278. The lowest BCUT2D eigenvalue weighted by Gasteiger charge is -2.19. The zero-order valence-electron chi connectivity index (χ0n) is 43.2. The molecule has 0 spiro atoms. The Hall–Kier alpha value is -1.47. The van der Waals surface area contributed by atoms with Crippen LogP contribution in [0.5, 0.6) is 0 Å². The number of unbranched alkanes of at least 4 members (excludes halogenated alkanes) is 37. The number of esters is 2. The molecule has 0 radical (unpaired) electrons. The Bertz CT molecular complexity index is 1110. The summed E-state index contributed by atoms with van der Waals surface area (Å²) in [5.41, 5.74) is 0. The van der Waals surface area contributed by atoms with Gasteiger partial charge in [0.1, 0.15) is 6.61 Å². The van der Waals surface area contributed by atoms with Crippen LogP contribution in [0.3, 0.4) is 0 Å². The van der Waals surface area contributed by atoms with Crippen LogP contribution in [-0.2, 0) is 32.7 Å². The topological polar surface area (TPSA) is 108 Å². The Morgan fingerprint density at radius 3 is 1.09 bits per heavy atom. The van der Waals surface area contributed by atoms with Gasteiger partial charge in [0.15, 0.2) is 6.10 Å². The Morgan fingerprint density at radius 1 is 0.415 bits per heavy atom. The fourth-order valence-electron chi connectivity index (χ4n) is 8.37. The molecule has 2 atom stereocenters. The molecule has 8 nitrogen and oxygen atoms in total. The molecule has 384 valence electrons. The predicted octanol–water partition coefficient (Wildman–Crippen LogP) is 18.5. The second kappa shape index (κ2) is 51.9. The van der Waals surface area contributed by atoms with Crippen LogP contribution < -0.4 is 0 Å². The monoisotopic (exact) mass is 939 g/mol. The van der Waals surface area contributed by atoms with E-state index in [1.165, 1.54) is 212 Å². The van der Waals surface area contributed by atoms with Crippen molar-refractivity contribution >= 4 is 19.8 Å². The zero-order valence-corrected chi connectivity index (χ0v) is 44.1. The molecule has 0 fully saturated rings. The van der Waals surface area contributed by atoms with Crippen molar-refractivity contribution < 1.29 is 37.6 Å². The summed E-state index contributed by atoms with van der Waals surface area (Å²) in [7, 11) is -4.29. The van der Waals surface area contributed by atoms with Crippen LogP contribution >= 0.6 is 7.82 Å². The molecular weight excluding hydrogens is 832 g/mol. The molecule has 0 saturated heterocycles. The fourth-order valence-corrected chi connectivity index (χ4v) is 9.13. The number of hydrogen-bond acceptors (Lipinski definition) is 7. The number of allylic oxidation sites excluding steroid dienone is 4. The first-order valence-electron chi connectivity index (χ1n) is 28.1. The smallest absolute Gasteiger partial charge is 0.462 e. The highest BCUT2D eigenvalue weighted by molar-refractivity contribution is 7.47. The summed E-state index contributed by atoms with van der Waals surface area (Å²) in [6, 6.07) is 0. The molecule has 0 aliphatic heterocycles. The van der Waals surface area contributed by atoms with Gasteiger partial charge < -0.3 is 14.4 Å². The van der Waals surface area contributed by atoms with Gasteiger partial charge in [-0.15, -0.1) is 0 Å². The number of rotatable bonds is 53. The number of phosphoric ester groups is 1. The number of hydrogen-bond donors (Lipinski definition) is 1. The predicted molar refractivity (Wildman–Crippen MR) is 276 cm³/mol. The van der Waals surface area contributed by atoms with Crippen molar-refractivity contribution in [2.45, 2.75) is 303 Å². The zero-order chi connectivity index (χ0) is 47.4. The summed E-state index contributed by atoms with van der Waals surface area (Å²) < 4.78 is 32.9. The minimum Gasteiger partial charge on any atom is -0.462 e. The van der Waals surface area contributed by atoms with Crippen molar-refractivity contribution in [1.29, 1.82) is 0 Å². The van der Waals surface area contributed by atoms with Crippen molar-refractivity contribution in [3.05, 3.63) is 24.3 Å². The maximum absolute atomic E-state index is 12.6. The van der Waals surface area contributed by atoms with Gasteiger partial charge >= 0.3 is 19.8 Å². The lowest BCUT2D eigenvalue weighted by atomic mass is 10.0. The van der Waals surface area contributed by atoms with Crippen LogP contribution in [0, 0.1) is 0 Å². The SMILES string of the molecule is CCCCCCC/C=C\C/C=C\CCCCCCCCCCCC(=O)OC(COC(=O)CCCCCCCCCCCCCCCCCCCCCCCCCC)COP(=O)(O)OCC. The summed E-state index contributed by atoms with van der Waals surface area (Å²) in [6.45, 7) is 5.53. The van der Waals surface area contributed by atoms with Gasteiger partial charge in [-0.05, 0) is 51.9 Å². The van der Waals surface area contributed by atoms with Crippen LogP contribution in [0.1, 0.15) is 297 Å². The van der Waals surface area contributed by atoms with Crippen LogP contribution in [0.15, 0.2) is 24.3 Å². The minimum absolute atomic E-state index is 0.00204. The highest BCUT2D eigenvalue weighted by Crippen LogP contribution is 2.43. The molecule has 1 N–H and O–H groups in total. The van der Waals surface area contributed by atoms with Crippen molar-refractivity contribution in [3.63, 3.8) is 0 Å². The second-order valence-corrected chi connectivity index (χ2v) is 20.4. The van der Waals surface area contributed by atoms with Crippen molar-refractivity contribution in [2.75, 3.05) is 19.8 Å². The number of phosphoric acid groups is 1. The van der Waals surface area contributed by atoms with Gasteiger partial charge in [-0.3, -0.25) is 18.6 Å². The molecule has 0 aliphatic carbocycles. The molecule has 0 rings (SSSR count). The van der Waals surface area contributed by atoms with Gasteiger partial charge in [0.25, 0.3) is 0 Å². The van der Waals surface area contributed by atoms with Gasteiger partial charge in [0.2, 0.25) is 0 Å². The van der Waals surface area contributed by atoms with Crippen molar-refractivity contribution in [2.24, 2.45) is 0 Å². The lowest BCUT2D eigenvalue weighted by Crippen LogP contribution is -2.29. The molecule has 0 heterocycles. The van der Waals surface area contributed by atoms with E-state index in [1.807, 2.05) is 0 Å². The number of ether oxygens (including phenoxy) is 2. The standard InChI is InChI=1S/C56H107O8P/c1-4-7-9-11-13-15-17-19-21-23-25-27-28-29-31-32-34-36-38-40-42-44-46-48-50-55(57)61-52-54(53-63-65(59,60)62-6-3)64-56(58)51-49-47-45-43-41-39-37-35-33-30-26-24-22-20-18-16-14-12-10-8-5-2/h18,20,24,26,54H,4-17,19,21-23,25,27-53H2,1-3H3,(H,59,60)/b20-18-,26-24-. The van der Waals surface area contributed by atoms with E-state index in [0.29, 0.717) is 12.8 Å². The van der Waals surface area contributed by atoms with Gasteiger partial charge in [-0.2, -0.15) is 0 Å². The Kier molecular flexibility index (Phi) is 50.7. The molecule has 0 aromatic carbocycles. The van der Waals surface area contributed by atoms with E-state index in [1.54, 1.807) is 6.92 Å². The first kappa shape index (κ1) is 63.5. The van der Waals surface area contributed by atoms with E-state index in [-0.39, 0.29) is 32.2 Å². The summed E-state index contributed by atoms with van der Waals surface area (Å²) in [6.07, 6.45) is 61.1. The molecule has 65 heavy (non-hydrogen) atoms. The van der Waals surface area contributed by atoms with Crippen molar-refractivity contribution in [1.82, 2.24) is 0 Å². The third-order valence-electron chi connectivity index (χ3n) is 12.5. The maximum Gasteiger partial charge on any atom is 0.472 e. The van der Waals surface area contributed by atoms with Crippen LogP contribution in [0.25, 0.3) is 0 Å². The average Bonchev–Trinajstić information content (AvgIpc) is 3.29. The summed E-state index contributed by atoms with van der Waals surface area (Å²) in [4.78, 5) is 35.0. The highest BCUT2D eigenvalue weighted by Gasteiger charge is 2.25. The van der Waals surface area contributed by atoms with Gasteiger partial charge in [-0.1, -0.05) is 256 Å². The molecule has 0 aromatic rings. The molecule has 0 bridgehead atoms. The highest BCUT2D eigenvalue weighted by atomic mass is 31.2. The summed E-state index contributed by atoms with van der Waals surface area (Å²) in [5.74, 6) is -0.785. The van der Waals surface area contributed by atoms with Gasteiger partial charge in [0, 0.05) is 12.8 Å². The van der Waals surface area contributed by atoms with E-state index in [4.69, 9.17) is 18.5 Å². The third kappa shape index (κ3) is 51.8. The molecule has 0 aliphatic rings. The van der Waals surface area contributed by atoms with Gasteiger partial charge in [-0.25, -0.2) is 4.57 Å². The van der Waals surface area contributed by atoms with Crippen LogP contribution in [-0.4, -0.2) is 42.8 Å². The number of carbonyl (C=O) groups excluding carboxylic acids is 2. The first-order valence-corrected chi connectivity index (χ1v) is 29.6. The largest absolute Gasteiger partial charge is 0.472 e. The fraction of sp³-hybridized carbons (Fsp3) is 0.893. The summed E-state index contributed by atoms with van der Waals surface area (Å²) in [5, 5.41) is 0. The van der Waals surface area contributed by atoms with Crippen molar-refractivity contribution in [3.8, 4) is 0 Å². The normalized spacial score (nSPS) is 13.2. The lowest BCUT2D eigenvalue weighted by molar-refractivity contribution is -0.161. The van der Waals surface area contributed by atoms with E-state index in [0.717, 1.165) is 44.9 Å². The Labute approximate surface area is 403 Å². The molecule has 2 unspecified atom stereocenters. The molecule has 0 aromatic heterocycles. The van der Waals surface area contributed by atoms with Crippen LogP contribution in [0.2, 0.25) is 0 Å². The molecular formula is C56H107O8P. The van der Waals surface area contributed by atoms with E-state index < -0.39 is 19.9 Å². The Balaban J connectivity index is 3.89. The van der Waals surface area contributed by atoms with E-state index >= 15 is 0 Å². The average molecular weight is 939 g/mol. The third-order valence-corrected chi connectivity index (χ3v) is 13.6. The maximum atomic E-state index is 12.6. The van der Waals surface area contributed by atoms with Crippen LogP contribution in [0.4, 0.5) is 0 Å². The first-order chi connectivity index (χ1) is 31.8.